The third-order valence-corrected chi connectivity index (χ3v) is 7.76. The molecule has 11 heteroatoms. The first-order valence-corrected chi connectivity index (χ1v) is 13.2. The number of carboxylic acids is 1. The van der Waals surface area contributed by atoms with Crippen LogP contribution in [0.1, 0.15) is 39.9 Å². The topological polar surface area (TPSA) is 131 Å². The molecule has 2 N–H and O–H groups in total. The van der Waals surface area contributed by atoms with Crippen LogP contribution in [-0.2, 0) is 13.6 Å². The maximum atomic E-state index is 13.9. The van der Waals surface area contributed by atoms with Crippen LogP contribution >= 0.6 is 0 Å². The maximum Gasteiger partial charge on any atom is 0.354 e. The lowest BCUT2D eigenvalue weighted by Crippen LogP contribution is -2.29. The molecule has 1 fully saturated rings. The molecule has 0 spiro atoms. The van der Waals surface area contributed by atoms with E-state index in [0.29, 0.717) is 41.3 Å². The van der Waals surface area contributed by atoms with Crippen LogP contribution in [0.3, 0.4) is 0 Å². The summed E-state index contributed by atoms with van der Waals surface area (Å²) in [5, 5.41) is 19.0. The monoisotopic (exact) mass is 551 g/mol. The van der Waals surface area contributed by atoms with Crippen LogP contribution in [0.15, 0.2) is 72.4 Å². The summed E-state index contributed by atoms with van der Waals surface area (Å²) >= 11 is 0. The summed E-state index contributed by atoms with van der Waals surface area (Å²) in [5.41, 5.74) is 5.18. The van der Waals surface area contributed by atoms with Gasteiger partial charge >= 0.3 is 11.7 Å². The fourth-order valence-corrected chi connectivity index (χ4v) is 5.60. The Morgan fingerprint density at radius 1 is 1.10 bits per heavy atom. The molecule has 1 saturated heterocycles. The summed E-state index contributed by atoms with van der Waals surface area (Å²) in [4.78, 5) is 41.0. The quantitative estimate of drug-likeness (QED) is 0.291. The van der Waals surface area contributed by atoms with E-state index < -0.39 is 5.97 Å². The van der Waals surface area contributed by atoms with Crippen molar-refractivity contribution >= 4 is 22.9 Å². The molecule has 1 aliphatic rings. The van der Waals surface area contributed by atoms with E-state index in [4.69, 9.17) is 0 Å². The summed E-state index contributed by atoms with van der Waals surface area (Å²) in [7, 11) is 1.70. The number of fused-ring (bicyclic) bond motifs is 1. The van der Waals surface area contributed by atoms with E-state index in [9.17, 15) is 19.8 Å². The third-order valence-electron chi connectivity index (χ3n) is 7.76. The molecule has 6 rings (SSSR count). The number of nitrogens with zero attached hydrogens (tertiary/aromatic N) is 7. The number of benzene rings is 1. The van der Waals surface area contributed by atoms with Crippen LogP contribution in [0.4, 0.5) is 0 Å². The van der Waals surface area contributed by atoms with Crippen LogP contribution in [0, 0.1) is 6.92 Å². The normalized spacial score (nSPS) is 15.5. The van der Waals surface area contributed by atoms with Gasteiger partial charge in [-0.3, -0.25) is 19.0 Å². The lowest BCUT2D eigenvalue weighted by molar-refractivity contribution is 0.0686. The second-order valence-corrected chi connectivity index (χ2v) is 10.3. The molecule has 4 aromatic heterocycles. The molecular weight excluding hydrogens is 522 g/mol. The summed E-state index contributed by atoms with van der Waals surface area (Å²) in [5.74, 6) is -0.338. The van der Waals surface area contributed by atoms with Crippen molar-refractivity contribution in [2.45, 2.75) is 25.9 Å². The summed E-state index contributed by atoms with van der Waals surface area (Å²) in [6.45, 7) is 7.37. The average molecular weight is 552 g/mol. The van der Waals surface area contributed by atoms with E-state index >= 15 is 0 Å². The fourth-order valence-electron chi connectivity index (χ4n) is 5.60. The Kier molecular flexibility index (Phi) is 6.50. The molecule has 0 saturated carbocycles. The number of rotatable bonds is 7. The van der Waals surface area contributed by atoms with Gasteiger partial charge in [0.05, 0.1) is 41.9 Å². The number of hydrogen-bond acceptors (Lipinski definition) is 7. The summed E-state index contributed by atoms with van der Waals surface area (Å²) in [6.07, 6.45) is 5.49. The first-order valence-electron chi connectivity index (χ1n) is 13.2. The fraction of sp³-hybridized carbons (Fsp3) is 0.233. The van der Waals surface area contributed by atoms with Gasteiger partial charge in [-0.2, -0.15) is 0 Å². The van der Waals surface area contributed by atoms with Crippen molar-refractivity contribution in [1.29, 1.82) is 0 Å². The Bertz CT molecular complexity index is 1870. The number of carboxylic acid groups (broad SMARTS) is 1. The summed E-state index contributed by atoms with van der Waals surface area (Å²) in [6, 6.07) is 12.9. The Morgan fingerprint density at radius 3 is 2.61 bits per heavy atom. The number of aliphatic hydroxyl groups excluding tert-OH is 1. The number of aromatic carboxylic acids is 1. The number of aliphatic hydroxyl groups is 1. The van der Waals surface area contributed by atoms with Crippen LogP contribution < -0.4 is 5.69 Å². The van der Waals surface area contributed by atoms with Gasteiger partial charge < -0.3 is 14.8 Å². The SMILES string of the molecule is C=C(O)c1ccc(-c2ccc(-n3c(=O)n([C@H]4CCN(Cc5ncc(C(=O)O)n5C)C4)c4ncccc43)cn2)c(C)c1. The van der Waals surface area contributed by atoms with Crippen molar-refractivity contribution in [3.63, 3.8) is 0 Å². The van der Waals surface area contributed by atoms with Crippen molar-refractivity contribution in [3.8, 4) is 16.9 Å². The number of carbonyl (C=O) groups is 1. The van der Waals surface area contributed by atoms with Crippen molar-refractivity contribution in [1.82, 2.24) is 33.6 Å². The van der Waals surface area contributed by atoms with Gasteiger partial charge in [0, 0.05) is 37.5 Å². The molecule has 5 aromatic rings. The molecular formula is C30H29N7O4. The zero-order valence-electron chi connectivity index (χ0n) is 22.7. The number of hydrogen-bond donors (Lipinski definition) is 2. The van der Waals surface area contributed by atoms with Crippen molar-refractivity contribution in [2.75, 3.05) is 13.1 Å². The second kappa shape index (κ2) is 10.2. The van der Waals surface area contributed by atoms with Gasteiger partial charge in [-0.15, -0.1) is 0 Å². The molecule has 0 aliphatic carbocycles. The zero-order chi connectivity index (χ0) is 28.8. The molecule has 0 amide bonds. The van der Waals surface area contributed by atoms with Crippen molar-refractivity contribution in [3.05, 3.63) is 101 Å². The molecule has 5 heterocycles. The molecule has 41 heavy (non-hydrogen) atoms. The van der Waals surface area contributed by atoms with Gasteiger partial charge in [-0.25, -0.2) is 19.6 Å². The number of imidazole rings is 2. The van der Waals surface area contributed by atoms with Crippen LogP contribution in [-0.4, -0.2) is 62.8 Å². The Hall–Kier alpha value is -5.03. The molecule has 1 aliphatic heterocycles. The van der Waals surface area contributed by atoms with E-state index in [1.807, 2.05) is 43.3 Å². The van der Waals surface area contributed by atoms with Gasteiger partial charge in [0.1, 0.15) is 17.3 Å². The van der Waals surface area contributed by atoms with Gasteiger partial charge in [0.25, 0.3) is 0 Å². The standard InChI is InChI=1S/C30H29N7O4/c1-18-13-20(19(2)38)6-8-23(18)24-9-7-21(14-32-24)36-25-5-4-11-31-28(25)37(30(36)41)22-10-12-35(16-22)17-27-33-15-26(29(39)40)34(27)3/h4-9,11,13-15,22,38H,2,10,12,16-17H2,1,3H3,(H,39,40)/t22-/m0/s1. The Balaban J connectivity index is 1.30. The predicted molar refractivity (Wildman–Crippen MR) is 154 cm³/mol. The largest absolute Gasteiger partial charge is 0.508 e. The molecule has 11 nitrogen and oxygen atoms in total. The minimum atomic E-state index is -1.01. The van der Waals surface area contributed by atoms with E-state index in [1.54, 1.807) is 39.2 Å². The van der Waals surface area contributed by atoms with Crippen LogP contribution in [0.5, 0.6) is 0 Å². The molecule has 208 valence electrons. The van der Waals surface area contributed by atoms with Gasteiger partial charge in [-0.05, 0) is 49.2 Å². The molecule has 1 atom stereocenters. The Morgan fingerprint density at radius 2 is 1.93 bits per heavy atom. The van der Waals surface area contributed by atoms with Gasteiger partial charge in [0.2, 0.25) is 0 Å². The Labute approximate surface area is 235 Å². The lowest BCUT2D eigenvalue weighted by atomic mass is 10.0. The first kappa shape index (κ1) is 26.2. The maximum absolute atomic E-state index is 13.9. The lowest BCUT2D eigenvalue weighted by Gasteiger charge is -2.16. The highest BCUT2D eigenvalue weighted by Crippen LogP contribution is 2.28. The third kappa shape index (κ3) is 4.59. The van der Waals surface area contributed by atoms with Crippen LogP contribution in [0.25, 0.3) is 33.9 Å². The minimum absolute atomic E-state index is 0.0154. The second-order valence-electron chi connectivity index (χ2n) is 10.3. The van der Waals surface area contributed by atoms with E-state index in [0.717, 1.165) is 29.8 Å². The predicted octanol–water partition coefficient (Wildman–Crippen LogP) is 3.97. The molecule has 0 radical (unpaired) electrons. The average Bonchev–Trinajstić information content (AvgIpc) is 3.64. The van der Waals surface area contributed by atoms with Crippen LogP contribution in [0.2, 0.25) is 0 Å². The van der Waals surface area contributed by atoms with E-state index in [-0.39, 0.29) is 23.2 Å². The van der Waals surface area contributed by atoms with E-state index in [2.05, 4.69) is 26.4 Å². The smallest absolute Gasteiger partial charge is 0.354 e. The summed E-state index contributed by atoms with van der Waals surface area (Å²) < 4.78 is 4.99. The van der Waals surface area contributed by atoms with Gasteiger partial charge in [0.15, 0.2) is 5.65 Å². The minimum Gasteiger partial charge on any atom is -0.508 e. The first-order chi connectivity index (χ1) is 19.7. The molecule has 0 bridgehead atoms. The molecule has 1 aromatic carbocycles. The molecule has 0 unspecified atom stereocenters. The number of aromatic nitrogens is 6. The highest BCUT2D eigenvalue weighted by Gasteiger charge is 2.30. The highest BCUT2D eigenvalue weighted by molar-refractivity contribution is 5.85. The van der Waals surface area contributed by atoms with E-state index in [1.165, 1.54) is 6.20 Å². The van der Waals surface area contributed by atoms with Gasteiger partial charge in [-0.1, -0.05) is 18.7 Å². The number of pyridine rings is 2. The number of aryl methyl sites for hydroxylation is 1. The van der Waals surface area contributed by atoms with Crippen molar-refractivity contribution in [2.24, 2.45) is 7.05 Å². The number of likely N-dealkylation sites (tertiary alicyclic amines) is 1. The highest BCUT2D eigenvalue weighted by atomic mass is 16.4. The zero-order valence-corrected chi connectivity index (χ0v) is 22.7. The van der Waals surface area contributed by atoms with Crippen molar-refractivity contribution < 1.29 is 15.0 Å².